The predicted octanol–water partition coefficient (Wildman–Crippen LogP) is 3.20. The van der Waals surface area contributed by atoms with Gasteiger partial charge in [0, 0.05) is 49.6 Å². The minimum absolute atomic E-state index is 0.500. The van der Waals surface area contributed by atoms with E-state index in [0.29, 0.717) is 5.92 Å². The Balaban J connectivity index is 1.49. The summed E-state index contributed by atoms with van der Waals surface area (Å²) in [4.78, 5) is 7.07. The van der Waals surface area contributed by atoms with Gasteiger partial charge < -0.3 is 9.30 Å². The van der Waals surface area contributed by atoms with Crippen LogP contribution in [0.2, 0.25) is 0 Å². The van der Waals surface area contributed by atoms with Gasteiger partial charge in [0.25, 0.3) is 0 Å². The van der Waals surface area contributed by atoms with Crippen molar-refractivity contribution >= 4 is 0 Å². The summed E-state index contributed by atoms with van der Waals surface area (Å²) in [5.41, 5.74) is 3.46. The van der Waals surface area contributed by atoms with Crippen molar-refractivity contribution in [2.24, 2.45) is 7.05 Å². The van der Waals surface area contributed by atoms with Gasteiger partial charge in [-0.25, -0.2) is 4.98 Å². The highest BCUT2D eigenvalue weighted by molar-refractivity contribution is 5.63. The maximum Gasteiger partial charge on any atom is 0.118 e. The van der Waals surface area contributed by atoms with Crippen LogP contribution in [0.1, 0.15) is 30.1 Å². The third kappa shape index (κ3) is 3.37. The maximum atomic E-state index is 5.25. The van der Waals surface area contributed by atoms with E-state index in [-0.39, 0.29) is 0 Å². The molecule has 1 saturated heterocycles. The lowest BCUT2D eigenvalue weighted by Crippen LogP contribution is -2.34. The van der Waals surface area contributed by atoms with Crippen molar-refractivity contribution < 1.29 is 4.74 Å². The number of rotatable bonds is 5. The monoisotopic (exact) mass is 351 g/mol. The van der Waals surface area contributed by atoms with Crippen LogP contribution in [0.15, 0.2) is 42.9 Å². The van der Waals surface area contributed by atoms with Crippen molar-refractivity contribution in [3.63, 3.8) is 0 Å². The molecule has 2 aromatic heterocycles. The molecule has 3 aromatic rings. The smallest absolute Gasteiger partial charge is 0.118 e. The van der Waals surface area contributed by atoms with Crippen LogP contribution in [0, 0.1) is 0 Å². The van der Waals surface area contributed by atoms with Crippen LogP contribution in [0.4, 0.5) is 0 Å². The molecule has 0 amide bonds. The molecule has 0 spiro atoms. The van der Waals surface area contributed by atoms with Crippen molar-refractivity contribution in [1.29, 1.82) is 0 Å². The van der Waals surface area contributed by atoms with Gasteiger partial charge in [0.05, 0.1) is 19.0 Å². The Morgan fingerprint density at radius 1 is 1.27 bits per heavy atom. The molecule has 0 saturated carbocycles. The molecule has 1 N–H and O–H groups in total. The largest absolute Gasteiger partial charge is 0.497 e. The van der Waals surface area contributed by atoms with Crippen molar-refractivity contribution in [1.82, 2.24) is 24.6 Å². The second-order valence-electron chi connectivity index (χ2n) is 6.97. The average Bonchev–Trinajstić information content (AvgIpc) is 3.31. The summed E-state index contributed by atoms with van der Waals surface area (Å²) < 4.78 is 7.40. The van der Waals surface area contributed by atoms with Crippen molar-refractivity contribution in [3.8, 4) is 17.0 Å². The van der Waals surface area contributed by atoms with E-state index in [2.05, 4.69) is 43.8 Å². The summed E-state index contributed by atoms with van der Waals surface area (Å²) in [6.45, 7) is 3.06. The quantitative estimate of drug-likeness (QED) is 0.767. The third-order valence-electron chi connectivity index (χ3n) is 5.22. The second kappa shape index (κ2) is 7.33. The van der Waals surface area contributed by atoms with Crippen molar-refractivity contribution in [2.75, 3.05) is 20.2 Å². The van der Waals surface area contributed by atoms with Gasteiger partial charge in [-0.05, 0) is 43.7 Å². The van der Waals surface area contributed by atoms with Gasteiger partial charge in [0.15, 0.2) is 0 Å². The molecule has 136 valence electrons. The minimum atomic E-state index is 0.500. The minimum Gasteiger partial charge on any atom is -0.497 e. The highest BCUT2D eigenvalue weighted by atomic mass is 16.5. The Morgan fingerprint density at radius 2 is 2.12 bits per heavy atom. The first-order chi connectivity index (χ1) is 12.7. The lowest BCUT2D eigenvalue weighted by molar-refractivity contribution is 0.195. The summed E-state index contributed by atoms with van der Waals surface area (Å²) in [6, 6.07) is 8.11. The van der Waals surface area contributed by atoms with Crippen molar-refractivity contribution in [3.05, 3.63) is 54.2 Å². The standard InChI is InChI=1S/C20H25N5O/c1-24-11-9-21-20(24)16-4-3-10-25(13-16)14-17-12-22-23-19(17)15-5-7-18(26-2)8-6-15/h5-9,11-12,16H,3-4,10,13-14H2,1-2H3,(H,22,23). The number of imidazole rings is 1. The predicted molar refractivity (Wildman–Crippen MR) is 101 cm³/mol. The summed E-state index contributed by atoms with van der Waals surface area (Å²) in [7, 11) is 3.77. The SMILES string of the molecule is COc1ccc(-c2[nH]ncc2CN2CCCC(c3nccn3C)C2)cc1. The number of hydrogen-bond donors (Lipinski definition) is 1. The van der Waals surface area contributed by atoms with E-state index in [9.17, 15) is 0 Å². The molecule has 4 rings (SSSR count). The molecule has 1 atom stereocenters. The molecule has 1 aromatic carbocycles. The van der Waals surface area contributed by atoms with Gasteiger partial charge >= 0.3 is 0 Å². The first-order valence-electron chi connectivity index (χ1n) is 9.11. The molecule has 26 heavy (non-hydrogen) atoms. The van der Waals surface area contributed by atoms with Gasteiger partial charge in [-0.3, -0.25) is 10.00 Å². The van der Waals surface area contributed by atoms with Gasteiger partial charge in [0.2, 0.25) is 0 Å². The molecular formula is C20H25N5O. The molecule has 3 heterocycles. The zero-order valence-corrected chi connectivity index (χ0v) is 15.4. The lowest BCUT2D eigenvalue weighted by Gasteiger charge is -2.32. The van der Waals surface area contributed by atoms with Crippen LogP contribution >= 0.6 is 0 Å². The van der Waals surface area contributed by atoms with E-state index < -0.39 is 0 Å². The molecule has 1 aliphatic rings. The van der Waals surface area contributed by atoms with Crippen LogP contribution in [0.5, 0.6) is 5.75 Å². The molecule has 0 aliphatic carbocycles. The van der Waals surface area contributed by atoms with Gasteiger partial charge in [-0.1, -0.05) is 0 Å². The van der Waals surface area contributed by atoms with E-state index in [1.54, 1.807) is 7.11 Å². The molecular weight excluding hydrogens is 326 g/mol. The topological polar surface area (TPSA) is 59.0 Å². The Labute approximate surface area is 153 Å². The lowest BCUT2D eigenvalue weighted by atomic mass is 9.96. The number of nitrogens with zero attached hydrogens (tertiary/aromatic N) is 4. The van der Waals surface area contributed by atoms with Crippen LogP contribution in [0.3, 0.4) is 0 Å². The van der Waals surface area contributed by atoms with E-state index in [4.69, 9.17) is 4.74 Å². The third-order valence-corrected chi connectivity index (χ3v) is 5.22. The van der Waals surface area contributed by atoms with Crippen LogP contribution in [-0.4, -0.2) is 44.8 Å². The molecule has 1 fully saturated rings. The highest BCUT2D eigenvalue weighted by Crippen LogP contribution is 2.29. The molecule has 1 unspecified atom stereocenters. The molecule has 0 bridgehead atoms. The number of benzene rings is 1. The summed E-state index contributed by atoms with van der Waals surface area (Å²) in [5.74, 6) is 2.56. The van der Waals surface area contributed by atoms with Gasteiger partial charge in [-0.2, -0.15) is 5.10 Å². The Bertz CT molecular complexity index is 851. The number of H-pyrrole nitrogens is 1. The molecule has 1 aliphatic heterocycles. The Morgan fingerprint density at radius 3 is 2.85 bits per heavy atom. The Hall–Kier alpha value is -2.60. The number of aromatic nitrogens is 4. The molecule has 6 nitrogen and oxygen atoms in total. The van der Waals surface area contributed by atoms with Crippen LogP contribution < -0.4 is 4.74 Å². The van der Waals surface area contributed by atoms with Crippen LogP contribution in [-0.2, 0) is 13.6 Å². The summed E-state index contributed by atoms with van der Waals surface area (Å²) in [5, 5.41) is 7.45. The normalized spacial score (nSPS) is 18.2. The first kappa shape index (κ1) is 16.8. The first-order valence-corrected chi connectivity index (χ1v) is 9.11. The number of aryl methyl sites for hydroxylation is 1. The molecule has 6 heteroatoms. The number of methoxy groups -OCH3 is 1. The number of hydrogen-bond acceptors (Lipinski definition) is 4. The van der Waals surface area contributed by atoms with Crippen LogP contribution in [0.25, 0.3) is 11.3 Å². The number of ether oxygens (including phenoxy) is 1. The van der Waals surface area contributed by atoms with E-state index in [0.717, 1.165) is 36.6 Å². The van der Waals surface area contributed by atoms with E-state index >= 15 is 0 Å². The number of likely N-dealkylation sites (tertiary alicyclic amines) is 1. The average molecular weight is 351 g/mol. The zero-order chi connectivity index (χ0) is 17.9. The Kier molecular flexibility index (Phi) is 4.75. The van der Waals surface area contributed by atoms with Gasteiger partial charge in [0.1, 0.15) is 11.6 Å². The second-order valence-corrected chi connectivity index (χ2v) is 6.97. The highest BCUT2D eigenvalue weighted by Gasteiger charge is 2.25. The molecule has 0 radical (unpaired) electrons. The van der Waals surface area contributed by atoms with E-state index in [1.807, 2.05) is 30.7 Å². The fourth-order valence-corrected chi connectivity index (χ4v) is 3.86. The number of piperidine rings is 1. The van der Waals surface area contributed by atoms with E-state index in [1.165, 1.54) is 24.2 Å². The maximum absolute atomic E-state index is 5.25. The summed E-state index contributed by atoms with van der Waals surface area (Å²) in [6.07, 6.45) is 8.29. The summed E-state index contributed by atoms with van der Waals surface area (Å²) >= 11 is 0. The number of nitrogens with one attached hydrogen (secondary N) is 1. The fourth-order valence-electron chi connectivity index (χ4n) is 3.86. The number of aromatic amines is 1. The van der Waals surface area contributed by atoms with Gasteiger partial charge in [-0.15, -0.1) is 0 Å². The zero-order valence-electron chi connectivity index (χ0n) is 15.4. The van der Waals surface area contributed by atoms with Crippen molar-refractivity contribution in [2.45, 2.75) is 25.3 Å². The fraction of sp³-hybridized carbons (Fsp3) is 0.400.